The first-order valence-corrected chi connectivity index (χ1v) is 10.5. The summed E-state index contributed by atoms with van der Waals surface area (Å²) in [7, 11) is -0.339. The molecule has 0 bridgehead atoms. The lowest BCUT2D eigenvalue weighted by atomic mass is 10.1. The van der Waals surface area contributed by atoms with Crippen molar-refractivity contribution in [1.29, 1.82) is 0 Å². The van der Waals surface area contributed by atoms with Crippen LogP contribution in [0.2, 0.25) is 0 Å². The Morgan fingerprint density at radius 2 is 1.38 bits per heavy atom. The monoisotopic (exact) mass is 316 g/mol. The zero-order valence-corrected chi connectivity index (χ0v) is 12.6. The van der Waals surface area contributed by atoms with Crippen LogP contribution >= 0.6 is 28.4 Å². The SMILES string of the molecule is CCCCC(CCCC)S(C)(C)I. The maximum Gasteiger partial charge on any atom is -0.00340 e. The summed E-state index contributed by atoms with van der Waals surface area (Å²) in [6.07, 6.45) is 13.4. The lowest BCUT2D eigenvalue weighted by Crippen LogP contribution is -2.12. The lowest BCUT2D eigenvalue weighted by molar-refractivity contribution is 0.614. The highest BCUT2D eigenvalue weighted by molar-refractivity contribution is 14.2. The molecule has 0 heterocycles. The summed E-state index contributed by atoms with van der Waals surface area (Å²) in [6, 6.07) is 0. The van der Waals surface area contributed by atoms with Crippen LogP contribution in [0, 0.1) is 0 Å². The van der Waals surface area contributed by atoms with Crippen molar-refractivity contribution in [3.63, 3.8) is 0 Å². The fourth-order valence-corrected chi connectivity index (χ4v) is 4.55. The zero-order valence-electron chi connectivity index (χ0n) is 9.61. The Morgan fingerprint density at radius 3 is 1.62 bits per heavy atom. The number of unbranched alkanes of at least 4 members (excludes halogenated alkanes) is 2. The van der Waals surface area contributed by atoms with Gasteiger partial charge in [0.25, 0.3) is 0 Å². The van der Waals surface area contributed by atoms with Crippen LogP contribution in [-0.4, -0.2) is 17.8 Å². The Labute approximate surface area is 98.2 Å². The second kappa shape index (κ2) is 7.38. The average Bonchev–Trinajstić information content (AvgIpc) is 2.02. The smallest absolute Gasteiger partial charge is 0.00340 e. The van der Waals surface area contributed by atoms with E-state index in [4.69, 9.17) is 0 Å². The highest BCUT2D eigenvalue weighted by atomic mass is 127. The van der Waals surface area contributed by atoms with Crippen LogP contribution < -0.4 is 0 Å². The molecule has 0 aromatic heterocycles. The molecule has 0 rings (SSSR count). The Hall–Kier alpha value is 1.08. The first-order valence-electron chi connectivity index (χ1n) is 5.44. The van der Waals surface area contributed by atoms with Gasteiger partial charge in [-0.1, -0.05) is 39.5 Å². The minimum Gasteiger partial charge on any atom is -0.190 e. The predicted octanol–water partition coefficient (Wildman–Crippen LogP) is 5.15. The molecule has 82 valence electrons. The molecule has 0 fully saturated rings. The third-order valence-electron chi connectivity index (χ3n) is 2.55. The van der Waals surface area contributed by atoms with E-state index in [0.717, 1.165) is 5.25 Å². The van der Waals surface area contributed by atoms with Gasteiger partial charge in [-0.25, -0.2) is 0 Å². The van der Waals surface area contributed by atoms with Crippen molar-refractivity contribution in [3.05, 3.63) is 0 Å². The van der Waals surface area contributed by atoms with Crippen molar-refractivity contribution in [3.8, 4) is 0 Å². The van der Waals surface area contributed by atoms with Crippen LogP contribution in [0.25, 0.3) is 0 Å². The molecule has 2 heteroatoms. The number of hydrogen-bond donors (Lipinski definition) is 0. The van der Waals surface area contributed by atoms with Gasteiger partial charge in [0.05, 0.1) is 0 Å². The molecular formula is C11H25IS. The first-order chi connectivity index (χ1) is 6.02. The standard InChI is InChI=1S/C11H25IS/c1-5-7-9-11(10-8-6-2)13(3,4)12/h11H,5-10H2,1-4H3. The summed E-state index contributed by atoms with van der Waals surface area (Å²) in [5.74, 6) is 0. The van der Waals surface area contributed by atoms with Crippen LogP contribution in [0.3, 0.4) is 0 Å². The maximum absolute atomic E-state index is 2.70. The van der Waals surface area contributed by atoms with Gasteiger partial charge in [0.2, 0.25) is 0 Å². The quantitative estimate of drug-likeness (QED) is 0.570. The number of hydrogen-bond acceptors (Lipinski definition) is 0. The Bertz CT molecular complexity index is 110. The van der Waals surface area contributed by atoms with E-state index in [9.17, 15) is 0 Å². The summed E-state index contributed by atoms with van der Waals surface area (Å²) in [5.41, 5.74) is 0. The van der Waals surface area contributed by atoms with E-state index in [0.29, 0.717) is 0 Å². The second-order valence-corrected chi connectivity index (χ2v) is 14.2. The van der Waals surface area contributed by atoms with E-state index in [1.807, 2.05) is 0 Å². The van der Waals surface area contributed by atoms with E-state index in [1.165, 1.54) is 38.5 Å². The topological polar surface area (TPSA) is 0 Å². The molecule has 0 saturated heterocycles. The summed E-state index contributed by atoms with van der Waals surface area (Å²) < 4.78 is 0. The largest absolute Gasteiger partial charge is 0.190 e. The van der Waals surface area contributed by atoms with E-state index >= 15 is 0 Å². The third kappa shape index (κ3) is 7.06. The Balaban J connectivity index is 3.88. The van der Waals surface area contributed by atoms with Gasteiger partial charge in [-0.2, -0.15) is 7.20 Å². The van der Waals surface area contributed by atoms with Crippen LogP contribution in [0.1, 0.15) is 52.4 Å². The Kier molecular flexibility index (Phi) is 8.00. The minimum absolute atomic E-state index is 0.339. The average molecular weight is 316 g/mol. The van der Waals surface area contributed by atoms with Gasteiger partial charge < -0.3 is 0 Å². The summed E-state index contributed by atoms with van der Waals surface area (Å²) in [4.78, 5) is 0. The molecule has 0 aliphatic carbocycles. The van der Waals surface area contributed by atoms with Crippen molar-refractivity contribution in [2.45, 2.75) is 57.6 Å². The van der Waals surface area contributed by atoms with E-state index in [2.05, 4.69) is 47.6 Å². The van der Waals surface area contributed by atoms with Gasteiger partial charge in [-0.3, -0.25) is 0 Å². The molecule has 0 N–H and O–H groups in total. The van der Waals surface area contributed by atoms with Gasteiger partial charge in [0.1, 0.15) is 0 Å². The Morgan fingerprint density at radius 1 is 1.00 bits per heavy atom. The molecule has 0 aliphatic rings. The van der Waals surface area contributed by atoms with Gasteiger partial charge in [0.15, 0.2) is 0 Å². The summed E-state index contributed by atoms with van der Waals surface area (Å²) in [5, 5.41) is 1.01. The maximum atomic E-state index is 2.70. The van der Waals surface area contributed by atoms with Crippen LogP contribution in [0.15, 0.2) is 0 Å². The molecule has 13 heavy (non-hydrogen) atoms. The molecule has 0 aromatic carbocycles. The van der Waals surface area contributed by atoms with Crippen molar-refractivity contribution >= 4 is 28.4 Å². The van der Waals surface area contributed by atoms with Gasteiger partial charge >= 0.3 is 0 Å². The molecule has 0 amide bonds. The van der Waals surface area contributed by atoms with Crippen LogP contribution in [-0.2, 0) is 0 Å². The fraction of sp³-hybridized carbons (Fsp3) is 1.00. The molecule has 0 radical (unpaired) electrons. The van der Waals surface area contributed by atoms with Crippen LogP contribution in [0.5, 0.6) is 0 Å². The molecular weight excluding hydrogens is 291 g/mol. The van der Waals surface area contributed by atoms with Gasteiger partial charge in [0, 0.05) is 0 Å². The molecule has 0 nitrogen and oxygen atoms in total. The lowest BCUT2D eigenvalue weighted by Gasteiger charge is -2.34. The third-order valence-corrected chi connectivity index (χ3v) is 6.77. The molecule has 0 aliphatic heterocycles. The van der Waals surface area contributed by atoms with Crippen molar-refractivity contribution in [2.75, 3.05) is 12.5 Å². The summed E-state index contributed by atoms with van der Waals surface area (Å²) >= 11 is 2.70. The highest BCUT2D eigenvalue weighted by Crippen LogP contribution is 2.56. The van der Waals surface area contributed by atoms with Crippen LogP contribution in [0.4, 0.5) is 0 Å². The van der Waals surface area contributed by atoms with E-state index in [1.54, 1.807) is 0 Å². The van der Waals surface area contributed by atoms with Crippen molar-refractivity contribution in [2.24, 2.45) is 0 Å². The number of halogens is 1. The van der Waals surface area contributed by atoms with Gasteiger partial charge in [-0.15, -0.1) is 0 Å². The van der Waals surface area contributed by atoms with E-state index in [-0.39, 0.29) is 7.20 Å². The second-order valence-electron chi connectivity index (χ2n) is 4.18. The van der Waals surface area contributed by atoms with Crippen molar-refractivity contribution < 1.29 is 0 Å². The highest BCUT2D eigenvalue weighted by Gasteiger charge is 2.20. The molecule has 0 unspecified atom stereocenters. The summed E-state index contributed by atoms with van der Waals surface area (Å²) in [6.45, 7) is 4.60. The number of rotatable bonds is 7. The molecule has 0 atom stereocenters. The molecule has 0 saturated carbocycles. The fourth-order valence-electron chi connectivity index (χ4n) is 1.57. The zero-order chi connectivity index (χ0) is 10.3. The predicted molar refractivity (Wildman–Crippen MR) is 76.3 cm³/mol. The minimum atomic E-state index is -0.339. The first kappa shape index (κ1) is 14.1. The van der Waals surface area contributed by atoms with Crippen molar-refractivity contribution in [1.82, 2.24) is 0 Å². The molecule has 0 aromatic rings. The van der Waals surface area contributed by atoms with E-state index < -0.39 is 0 Å². The van der Waals surface area contributed by atoms with Gasteiger partial charge in [-0.05, 0) is 51.8 Å². The molecule has 0 spiro atoms. The normalized spacial score (nSPS) is 13.7.